The molecule has 31 heavy (non-hydrogen) atoms. The Morgan fingerprint density at radius 3 is 2.58 bits per heavy atom. The quantitative estimate of drug-likeness (QED) is 0.670. The van der Waals surface area contributed by atoms with Crippen LogP contribution in [-0.4, -0.2) is 59.5 Å². The lowest BCUT2D eigenvalue weighted by Crippen LogP contribution is -2.52. The van der Waals surface area contributed by atoms with Crippen molar-refractivity contribution in [2.75, 3.05) is 14.1 Å². The van der Waals surface area contributed by atoms with Crippen molar-refractivity contribution < 1.29 is 19.7 Å². The highest BCUT2D eigenvalue weighted by molar-refractivity contribution is 5.80. The third-order valence-electron chi connectivity index (χ3n) is 8.93. The number of carbonyl (C=O) groups is 1. The van der Waals surface area contributed by atoms with E-state index in [-0.39, 0.29) is 22.8 Å². The summed E-state index contributed by atoms with van der Waals surface area (Å²) in [5.41, 5.74) is 3.71. The van der Waals surface area contributed by atoms with Crippen molar-refractivity contribution in [3.8, 4) is 0 Å². The van der Waals surface area contributed by atoms with Crippen LogP contribution in [0.2, 0.25) is 0 Å². The summed E-state index contributed by atoms with van der Waals surface area (Å²) in [5.74, 6) is 0.719. The molecule has 1 amide bonds. The lowest BCUT2D eigenvalue weighted by atomic mass is 9.49. The fraction of sp³-hybridized carbons (Fsp3) is 0.731. The molecule has 172 valence electrons. The van der Waals surface area contributed by atoms with Crippen LogP contribution in [0.3, 0.4) is 0 Å². The zero-order valence-corrected chi connectivity index (χ0v) is 19.9. The van der Waals surface area contributed by atoms with E-state index in [0.29, 0.717) is 24.7 Å². The predicted octanol–water partition coefficient (Wildman–Crippen LogP) is 3.62. The van der Waals surface area contributed by atoms with Gasteiger partial charge in [-0.3, -0.25) is 4.79 Å². The number of likely N-dealkylation sites (N-methyl/N-ethyl adjacent to an activating group) is 1. The average molecular weight is 430 g/mol. The van der Waals surface area contributed by atoms with Gasteiger partial charge < -0.3 is 19.8 Å². The van der Waals surface area contributed by atoms with E-state index in [1.165, 1.54) is 16.7 Å². The van der Waals surface area contributed by atoms with E-state index in [0.717, 1.165) is 19.3 Å². The molecule has 0 aromatic rings. The molecule has 0 bridgehead atoms. The molecule has 4 aliphatic carbocycles. The second-order valence-corrected chi connectivity index (χ2v) is 10.9. The summed E-state index contributed by atoms with van der Waals surface area (Å²) in [5, 5.41) is 21.2. The first-order valence-corrected chi connectivity index (χ1v) is 11.8. The summed E-state index contributed by atoms with van der Waals surface area (Å²) < 4.78 is 6.18. The summed E-state index contributed by atoms with van der Waals surface area (Å²) in [7, 11) is 3.52. The lowest BCUT2D eigenvalue weighted by molar-refractivity contribution is -0.142. The van der Waals surface area contributed by atoms with Crippen molar-refractivity contribution in [1.29, 1.82) is 0 Å². The number of fused-ring (bicyclic) bond motifs is 5. The van der Waals surface area contributed by atoms with Crippen molar-refractivity contribution in [3.63, 3.8) is 0 Å². The van der Waals surface area contributed by atoms with Gasteiger partial charge >= 0.3 is 0 Å². The number of hydrogen-bond acceptors (Lipinski definition) is 4. The Morgan fingerprint density at radius 2 is 1.90 bits per heavy atom. The zero-order valence-electron chi connectivity index (χ0n) is 19.9. The third-order valence-corrected chi connectivity index (χ3v) is 8.93. The van der Waals surface area contributed by atoms with Gasteiger partial charge in [0.1, 0.15) is 6.10 Å². The Balaban J connectivity index is 1.58. The normalized spacial score (nSPS) is 41.1. The predicted molar refractivity (Wildman–Crippen MR) is 121 cm³/mol. The molecule has 1 unspecified atom stereocenters. The van der Waals surface area contributed by atoms with Gasteiger partial charge in [-0.25, -0.2) is 0 Å². The molecule has 0 spiro atoms. The van der Waals surface area contributed by atoms with Gasteiger partial charge in [0.2, 0.25) is 0 Å². The Hall–Kier alpha value is -1.43. The monoisotopic (exact) mass is 429 g/mol. The fourth-order valence-electron chi connectivity index (χ4n) is 7.10. The molecular formula is C26H39NO4. The number of aliphatic hydroxyl groups excluding tert-OH is 2. The molecule has 5 heteroatoms. The maximum absolute atomic E-state index is 12.3. The number of hydrogen-bond donors (Lipinski definition) is 2. The largest absolute Gasteiger partial charge is 0.393 e. The van der Waals surface area contributed by atoms with Crippen LogP contribution in [0.4, 0.5) is 0 Å². The molecule has 0 aromatic carbocycles. The minimum absolute atomic E-state index is 0.00934. The third kappa shape index (κ3) is 3.44. The number of rotatable bonds is 4. The Morgan fingerprint density at radius 1 is 1.19 bits per heavy atom. The Bertz CT molecular complexity index is 842. The molecule has 0 aliphatic heterocycles. The summed E-state index contributed by atoms with van der Waals surface area (Å²) >= 11 is 0. The standard InChI is InChI=1S/C26H39NO4/c1-15(31-16(2)24(30)27(5)6)20-9-10-21-19-8-7-17-13-18(28)14-23(29)26(17,4)22(19)11-12-25(20,21)3/h7-9,15-16,18,21-23,28-29H,10-14H2,1-6H3/t15?,16-,18+,21-,22-,23-,25+,26-/m0/s1. The average Bonchev–Trinajstić information content (AvgIpc) is 3.05. The summed E-state index contributed by atoms with van der Waals surface area (Å²) in [6.45, 7) is 8.47. The van der Waals surface area contributed by atoms with E-state index < -0.39 is 18.3 Å². The molecule has 0 aromatic heterocycles. The molecule has 4 rings (SSSR count). The minimum atomic E-state index is -0.505. The molecule has 8 atom stereocenters. The molecule has 0 heterocycles. The molecule has 2 fully saturated rings. The summed E-state index contributed by atoms with van der Waals surface area (Å²) in [6.07, 6.45) is 9.48. The number of aliphatic hydroxyl groups is 2. The van der Waals surface area contributed by atoms with Crippen LogP contribution in [-0.2, 0) is 9.53 Å². The SMILES string of the molecule is CC(O[C@@H](C)C(=O)N(C)C)C1=CC[C@H]2C3=CC=C4C[C@@H](O)C[C@H](O)[C@]4(C)[C@H]3CC[C@]12C. The van der Waals surface area contributed by atoms with Crippen LogP contribution in [0.5, 0.6) is 0 Å². The first-order valence-electron chi connectivity index (χ1n) is 11.8. The number of carbonyl (C=O) groups excluding carboxylic acids is 1. The van der Waals surface area contributed by atoms with E-state index in [4.69, 9.17) is 4.74 Å². The number of ether oxygens (including phenoxy) is 1. The van der Waals surface area contributed by atoms with Crippen LogP contribution in [0.15, 0.2) is 34.9 Å². The highest BCUT2D eigenvalue weighted by atomic mass is 16.5. The molecule has 5 nitrogen and oxygen atoms in total. The highest BCUT2D eigenvalue weighted by Crippen LogP contribution is 2.64. The van der Waals surface area contributed by atoms with E-state index >= 15 is 0 Å². The van der Waals surface area contributed by atoms with Crippen molar-refractivity contribution in [2.24, 2.45) is 22.7 Å². The second kappa shape index (κ2) is 7.86. The van der Waals surface area contributed by atoms with Crippen molar-refractivity contribution >= 4 is 5.91 Å². The van der Waals surface area contributed by atoms with Crippen LogP contribution in [0.25, 0.3) is 0 Å². The van der Waals surface area contributed by atoms with E-state index in [1.54, 1.807) is 19.0 Å². The molecule has 0 saturated heterocycles. The van der Waals surface area contributed by atoms with E-state index in [9.17, 15) is 15.0 Å². The Kier molecular flexibility index (Phi) is 5.77. The van der Waals surface area contributed by atoms with Crippen LogP contribution >= 0.6 is 0 Å². The maximum atomic E-state index is 12.3. The molecule has 4 aliphatic rings. The van der Waals surface area contributed by atoms with Gasteiger partial charge in [-0.2, -0.15) is 0 Å². The van der Waals surface area contributed by atoms with Crippen LogP contribution < -0.4 is 0 Å². The summed E-state index contributed by atoms with van der Waals surface area (Å²) in [4.78, 5) is 13.9. The molecule has 2 N–H and O–H groups in total. The first kappa shape index (κ1) is 22.8. The second-order valence-electron chi connectivity index (χ2n) is 10.9. The van der Waals surface area contributed by atoms with Gasteiger partial charge in [-0.15, -0.1) is 0 Å². The topological polar surface area (TPSA) is 70.0 Å². The molecule has 0 radical (unpaired) electrons. The lowest BCUT2D eigenvalue weighted by Gasteiger charge is -2.56. The Labute approximate surface area is 186 Å². The summed E-state index contributed by atoms with van der Waals surface area (Å²) in [6, 6.07) is 0. The maximum Gasteiger partial charge on any atom is 0.250 e. The smallest absolute Gasteiger partial charge is 0.250 e. The highest BCUT2D eigenvalue weighted by Gasteiger charge is 2.57. The van der Waals surface area contributed by atoms with Crippen molar-refractivity contribution in [2.45, 2.75) is 84.2 Å². The van der Waals surface area contributed by atoms with Gasteiger partial charge in [0.15, 0.2) is 0 Å². The number of amides is 1. The zero-order chi connectivity index (χ0) is 22.7. The van der Waals surface area contributed by atoms with E-state index in [1.807, 2.05) is 6.92 Å². The first-order chi connectivity index (χ1) is 14.5. The van der Waals surface area contributed by atoms with Gasteiger partial charge in [0.25, 0.3) is 5.91 Å². The van der Waals surface area contributed by atoms with Crippen LogP contribution in [0, 0.1) is 22.7 Å². The molecule has 2 saturated carbocycles. The number of nitrogens with zero attached hydrogens (tertiary/aromatic N) is 1. The van der Waals surface area contributed by atoms with Crippen LogP contribution in [0.1, 0.15) is 59.8 Å². The molecular weight excluding hydrogens is 390 g/mol. The van der Waals surface area contributed by atoms with Gasteiger partial charge in [0, 0.05) is 25.9 Å². The van der Waals surface area contributed by atoms with Gasteiger partial charge in [-0.1, -0.05) is 43.2 Å². The van der Waals surface area contributed by atoms with Gasteiger partial charge in [-0.05, 0) is 62.4 Å². The minimum Gasteiger partial charge on any atom is -0.393 e. The van der Waals surface area contributed by atoms with Crippen molar-refractivity contribution in [3.05, 3.63) is 34.9 Å². The fourth-order valence-corrected chi connectivity index (χ4v) is 7.10. The van der Waals surface area contributed by atoms with Gasteiger partial charge in [0.05, 0.1) is 18.3 Å². The van der Waals surface area contributed by atoms with Crippen molar-refractivity contribution in [1.82, 2.24) is 4.90 Å². The van der Waals surface area contributed by atoms with E-state index in [2.05, 4.69) is 39.0 Å². The number of allylic oxidation sites excluding steroid dienone is 4.